The average molecular weight is 301 g/mol. The first kappa shape index (κ1) is 12.4. The third-order valence-corrected chi connectivity index (χ3v) is 3.15. The van der Waals surface area contributed by atoms with Gasteiger partial charge in [0.1, 0.15) is 0 Å². The van der Waals surface area contributed by atoms with Gasteiger partial charge in [-0.2, -0.15) is 0 Å². The van der Waals surface area contributed by atoms with Crippen molar-refractivity contribution in [1.82, 2.24) is 0 Å². The Hall–Kier alpha value is -0.690. The van der Waals surface area contributed by atoms with Crippen LogP contribution in [-0.4, -0.2) is 24.2 Å². The molecule has 1 atom stereocenters. The van der Waals surface area contributed by atoms with E-state index in [2.05, 4.69) is 15.9 Å². The van der Waals surface area contributed by atoms with Crippen LogP contribution in [-0.2, 0) is 4.79 Å². The minimum atomic E-state index is -3.47. The second kappa shape index (κ2) is 4.89. The Kier molecular flexibility index (Phi) is 4.04. The van der Waals surface area contributed by atoms with E-state index in [0.29, 0.717) is 3.79 Å². The van der Waals surface area contributed by atoms with Crippen LogP contribution in [0.3, 0.4) is 0 Å². The van der Waals surface area contributed by atoms with Gasteiger partial charge in [-0.15, -0.1) is 11.3 Å². The molecule has 1 unspecified atom stereocenters. The fraction of sp³-hybridized carbons (Fsp3) is 0.250. The van der Waals surface area contributed by atoms with Crippen LogP contribution >= 0.6 is 27.3 Å². The Morgan fingerprint density at radius 2 is 1.87 bits per heavy atom. The SMILES string of the molecule is O=C(c1ccc(Br)s1)C(F)C(=O)C(F)F. The molecule has 0 saturated heterocycles. The molecule has 1 aromatic rings. The lowest BCUT2D eigenvalue weighted by atomic mass is 10.1. The van der Waals surface area contributed by atoms with Crippen molar-refractivity contribution in [3.63, 3.8) is 0 Å². The van der Waals surface area contributed by atoms with Gasteiger partial charge in [0.2, 0.25) is 17.7 Å². The third kappa shape index (κ3) is 2.88. The molecule has 0 radical (unpaired) electrons. The van der Waals surface area contributed by atoms with Gasteiger partial charge in [0.15, 0.2) is 0 Å². The van der Waals surface area contributed by atoms with E-state index in [9.17, 15) is 22.8 Å². The van der Waals surface area contributed by atoms with E-state index in [4.69, 9.17) is 0 Å². The van der Waals surface area contributed by atoms with Gasteiger partial charge in [-0.05, 0) is 28.1 Å². The van der Waals surface area contributed by atoms with Crippen molar-refractivity contribution in [2.45, 2.75) is 12.6 Å². The maximum atomic E-state index is 12.9. The molecule has 0 aliphatic carbocycles. The number of halogens is 4. The number of carbonyl (C=O) groups excluding carboxylic acids is 2. The van der Waals surface area contributed by atoms with E-state index < -0.39 is 24.2 Å². The van der Waals surface area contributed by atoms with Crippen molar-refractivity contribution in [2.24, 2.45) is 0 Å². The van der Waals surface area contributed by atoms with Gasteiger partial charge in [-0.1, -0.05) is 0 Å². The lowest BCUT2D eigenvalue weighted by Gasteiger charge is -2.03. The number of ketones is 2. The Morgan fingerprint density at radius 1 is 1.27 bits per heavy atom. The lowest BCUT2D eigenvalue weighted by molar-refractivity contribution is -0.132. The average Bonchev–Trinajstić information content (AvgIpc) is 2.61. The fourth-order valence-corrected chi connectivity index (χ4v) is 2.15. The highest BCUT2D eigenvalue weighted by atomic mass is 79.9. The number of rotatable bonds is 4. The predicted octanol–water partition coefficient (Wildman–Crippen LogP) is 2.87. The third-order valence-electron chi connectivity index (χ3n) is 1.51. The van der Waals surface area contributed by atoms with Crippen LogP contribution in [0.5, 0.6) is 0 Å². The molecule has 0 N–H and O–H groups in total. The smallest absolute Gasteiger partial charge is 0.289 e. The molecule has 1 rings (SSSR count). The van der Waals surface area contributed by atoms with Crippen LogP contribution < -0.4 is 0 Å². The highest BCUT2D eigenvalue weighted by molar-refractivity contribution is 9.11. The Morgan fingerprint density at radius 3 is 2.27 bits per heavy atom. The molecule has 0 saturated carbocycles. The van der Waals surface area contributed by atoms with E-state index in [0.717, 1.165) is 11.3 Å². The van der Waals surface area contributed by atoms with Crippen LogP contribution in [0.15, 0.2) is 15.9 Å². The molecule has 0 amide bonds. The van der Waals surface area contributed by atoms with Crippen LogP contribution in [0.1, 0.15) is 9.67 Å². The molecule has 82 valence electrons. The van der Waals surface area contributed by atoms with Gasteiger partial charge in [0.05, 0.1) is 8.66 Å². The standard InChI is InChI=1S/C8H4BrF3O2S/c9-4-2-1-3(15-4)6(13)5(10)7(14)8(11)12/h1-2,5,8H. The van der Waals surface area contributed by atoms with E-state index in [1.54, 1.807) is 0 Å². The zero-order valence-corrected chi connectivity index (χ0v) is 9.45. The molecule has 0 spiro atoms. The van der Waals surface area contributed by atoms with Crippen molar-refractivity contribution in [2.75, 3.05) is 0 Å². The molecule has 15 heavy (non-hydrogen) atoms. The van der Waals surface area contributed by atoms with Crippen molar-refractivity contribution < 1.29 is 22.8 Å². The number of hydrogen-bond acceptors (Lipinski definition) is 3. The maximum absolute atomic E-state index is 12.9. The minimum absolute atomic E-state index is 0.0663. The fourth-order valence-electron chi connectivity index (χ4n) is 0.811. The summed E-state index contributed by atoms with van der Waals surface area (Å²) in [7, 11) is 0. The second-order valence-electron chi connectivity index (χ2n) is 2.53. The Labute approximate surface area is 95.2 Å². The predicted molar refractivity (Wildman–Crippen MR) is 52.3 cm³/mol. The van der Waals surface area contributed by atoms with E-state index in [-0.39, 0.29) is 4.88 Å². The summed E-state index contributed by atoms with van der Waals surface area (Å²) in [6.07, 6.45) is -6.25. The van der Waals surface area contributed by atoms with Crippen LogP contribution in [0, 0.1) is 0 Å². The van der Waals surface area contributed by atoms with Gasteiger partial charge in [0.25, 0.3) is 6.43 Å². The molecule has 2 nitrogen and oxygen atoms in total. The van der Waals surface area contributed by atoms with Crippen molar-refractivity contribution >= 4 is 38.8 Å². The summed E-state index contributed by atoms with van der Waals surface area (Å²) < 4.78 is 37.1. The van der Waals surface area contributed by atoms with Gasteiger partial charge >= 0.3 is 0 Å². The number of Topliss-reactive ketones (excluding diaryl/α,β-unsaturated/α-hetero) is 2. The summed E-state index contributed by atoms with van der Waals surface area (Å²) in [6.45, 7) is 0. The van der Waals surface area contributed by atoms with Crippen molar-refractivity contribution in [3.05, 3.63) is 20.8 Å². The van der Waals surface area contributed by atoms with Crippen molar-refractivity contribution in [1.29, 1.82) is 0 Å². The second-order valence-corrected chi connectivity index (χ2v) is 5.00. The first-order chi connectivity index (χ1) is 6.93. The zero-order valence-electron chi connectivity index (χ0n) is 7.05. The zero-order chi connectivity index (χ0) is 11.6. The van der Waals surface area contributed by atoms with Crippen LogP contribution in [0.2, 0.25) is 0 Å². The summed E-state index contributed by atoms with van der Waals surface area (Å²) in [4.78, 5) is 21.6. The van der Waals surface area contributed by atoms with Gasteiger partial charge in [0, 0.05) is 0 Å². The minimum Gasteiger partial charge on any atom is -0.289 e. The molecule has 0 aromatic carbocycles. The van der Waals surface area contributed by atoms with Crippen LogP contribution in [0.4, 0.5) is 13.2 Å². The molecular weight excluding hydrogens is 297 g/mol. The van der Waals surface area contributed by atoms with E-state index >= 15 is 0 Å². The summed E-state index contributed by atoms with van der Waals surface area (Å²) in [6, 6.07) is 2.74. The van der Waals surface area contributed by atoms with Gasteiger partial charge < -0.3 is 0 Å². The van der Waals surface area contributed by atoms with E-state index in [1.807, 2.05) is 0 Å². The largest absolute Gasteiger partial charge is 0.299 e. The molecule has 0 bridgehead atoms. The number of alkyl halides is 3. The molecule has 1 heterocycles. The molecule has 7 heteroatoms. The number of thiophene rings is 1. The molecular formula is C8H4BrF3O2S. The summed E-state index contributed by atoms with van der Waals surface area (Å²) in [5.74, 6) is -3.22. The van der Waals surface area contributed by atoms with Gasteiger partial charge in [-0.3, -0.25) is 9.59 Å². The molecule has 0 aliphatic rings. The quantitative estimate of drug-likeness (QED) is 0.633. The molecule has 0 aliphatic heterocycles. The highest BCUT2D eigenvalue weighted by Gasteiger charge is 2.33. The maximum Gasteiger partial charge on any atom is 0.299 e. The summed E-state index contributed by atoms with van der Waals surface area (Å²) >= 11 is 3.91. The first-order valence-corrected chi connectivity index (χ1v) is 5.30. The highest BCUT2D eigenvalue weighted by Crippen LogP contribution is 2.24. The first-order valence-electron chi connectivity index (χ1n) is 3.69. The van der Waals surface area contributed by atoms with Gasteiger partial charge in [-0.25, -0.2) is 13.2 Å². The Bertz CT molecular complexity index is 391. The molecule has 1 aromatic heterocycles. The van der Waals surface area contributed by atoms with Crippen molar-refractivity contribution in [3.8, 4) is 0 Å². The van der Waals surface area contributed by atoms with Crippen LogP contribution in [0.25, 0.3) is 0 Å². The summed E-state index contributed by atoms with van der Waals surface area (Å²) in [5, 5.41) is 0. The summed E-state index contributed by atoms with van der Waals surface area (Å²) in [5.41, 5.74) is 0. The monoisotopic (exact) mass is 300 g/mol. The lowest BCUT2D eigenvalue weighted by Crippen LogP contribution is -2.30. The topological polar surface area (TPSA) is 34.1 Å². The number of carbonyl (C=O) groups is 2. The van der Waals surface area contributed by atoms with E-state index in [1.165, 1.54) is 12.1 Å². The Balaban J connectivity index is 2.82. The molecule has 0 fully saturated rings. The number of hydrogen-bond donors (Lipinski definition) is 0. The normalized spacial score (nSPS) is 12.9.